The van der Waals surface area contributed by atoms with E-state index in [0.29, 0.717) is 36.5 Å². The normalized spacial score (nSPS) is 11.4. The number of hydrogen-bond acceptors (Lipinski definition) is 6. The molecule has 0 radical (unpaired) electrons. The van der Waals surface area contributed by atoms with E-state index in [-0.39, 0.29) is 11.2 Å². The standard InChI is InChI=1S/C24H24N8O2/c1-4-19-25-22-20(23(33)31(5-2)24(34)30(22)3)32(19)14-15-10-12-16(13-11-15)17-8-6-7-9-18(17)21-26-28-29-27-21/h6-13H,4-5,14H2,1-3H3,(H,26,27,28,29). The van der Waals surface area contributed by atoms with E-state index < -0.39 is 0 Å². The molecule has 10 heteroatoms. The van der Waals surface area contributed by atoms with Gasteiger partial charge < -0.3 is 4.57 Å². The van der Waals surface area contributed by atoms with Gasteiger partial charge in [0, 0.05) is 32.1 Å². The zero-order valence-electron chi connectivity index (χ0n) is 19.2. The summed E-state index contributed by atoms with van der Waals surface area (Å²) in [5, 5.41) is 14.4. The van der Waals surface area contributed by atoms with Crippen molar-refractivity contribution in [2.45, 2.75) is 33.4 Å². The first kappa shape index (κ1) is 21.5. The summed E-state index contributed by atoms with van der Waals surface area (Å²) >= 11 is 0. The second-order valence-electron chi connectivity index (χ2n) is 8.01. The van der Waals surface area contributed by atoms with E-state index in [9.17, 15) is 9.59 Å². The summed E-state index contributed by atoms with van der Waals surface area (Å²) in [6, 6.07) is 16.0. The second-order valence-corrected chi connectivity index (χ2v) is 8.01. The fourth-order valence-corrected chi connectivity index (χ4v) is 4.31. The molecule has 5 rings (SSSR count). The molecule has 1 N–H and O–H groups in total. The van der Waals surface area contributed by atoms with E-state index in [1.165, 1.54) is 9.13 Å². The predicted molar refractivity (Wildman–Crippen MR) is 128 cm³/mol. The van der Waals surface area contributed by atoms with E-state index >= 15 is 0 Å². The van der Waals surface area contributed by atoms with E-state index in [2.05, 4.69) is 25.6 Å². The number of nitrogens with zero attached hydrogens (tertiary/aromatic N) is 7. The predicted octanol–water partition coefficient (Wildman–Crippen LogP) is 2.37. The first-order valence-corrected chi connectivity index (χ1v) is 11.1. The molecular weight excluding hydrogens is 432 g/mol. The van der Waals surface area contributed by atoms with Gasteiger partial charge >= 0.3 is 5.69 Å². The average Bonchev–Trinajstić information content (AvgIpc) is 3.52. The summed E-state index contributed by atoms with van der Waals surface area (Å²) in [5.74, 6) is 1.30. The molecule has 0 unspecified atom stereocenters. The SMILES string of the molecule is CCc1nc2c(c(=O)n(CC)c(=O)n2C)n1Cc1ccc(-c2ccccc2-c2nn[nH]n2)cc1. The van der Waals surface area contributed by atoms with Gasteiger partial charge in [0.25, 0.3) is 5.56 Å². The summed E-state index contributed by atoms with van der Waals surface area (Å²) in [6.07, 6.45) is 0.643. The Bertz CT molecular complexity index is 1590. The smallest absolute Gasteiger partial charge is 0.318 e. The third-order valence-corrected chi connectivity index (χ3v) is 6.06. The van der Waals surface area contributed by atoms with Crippen molar-refractivity contribution in [3.05, 3.63) is 80.8 Å². The van der Waals surface area contributed by atoms with Gasteiger partial charge in [-0.1, -0.05) is 55.5 Å². The molecule has 172 valence electrons. The van der Waals surface area contributed by atoms with E-state index in [1.54, 1.807) is 14.0 Å². The molecule has 0 saturated heterocycles. The van der Waals surface area contributed by atoms with E-state index in [1.807, 2.05) is 60.0 Å². The highest BCUT2D eigenvalue weighted by atomic mass is 16.2. The summed E-state index contributed by atoms with van der Waals surface area (Å²) < 4.78 is 4.62. The number of nitrogens with one attached hydrogen (secondary N) is 1. The molecule has 0 spiro atoms. The van der Waals surface area contributed by atoms with E-state index in [4.69, 9.17) is 0 Å². The van der Waals surface area contributed by atoms with Crippen LogP contribution in [0.25, 0.3) is 33.7 Å². The number of hydrogen-bond donors (Lipinski definition) is 1. The zero-order chi connectivity index (χ0) is 23.8. The first-order valence-electron chi connectivity index (χ1n) is 11.1. The number of fused-ring (bicyclic) bond motifs is 1. The minimum absolute atomic E-state index is 0.307. The minimum atomic E-state index is -0.350. The van der Waals surface area contributed by atoms with Crippen LogP contribution in [0, 0.1) is 0 Å². The van der Waals surface area contributed by atoms with Gasteiger partial charge in [-0.15, -0.1) is 10.2 Å². The van der Waals surface area contributed by atoms with Crippen LogP contribution in [0.15, 0.2) is 58.1 Å². The van der Waals surface area contributed by atoms with Crippen molar-refractivity contribution in [3.8, 4) is 22.5 Å². The molecule has 10 nitrogen and oxygen atoms in total. The van der Waals surface area contributed by atoms with Gasteiger partial charge in [0.15, 0.2) is 11.2 Å². The molecule has 0 bridgehead atoms. The van der Waals surface area contributed by atoms with Crippen LogP contribution < -0.4 is 11.2 Å². The van der Waals surface area contributed by atoms with Crippen molar-refractivity contribution in [2.75, 3.05) is 0 Å². The third kappa shape index (κ3) is 3.43. The van der Waals surface area contributed by atoms with Crippen LogP contribution in [0.2, 0.25) is 0 Å². The van der Waals surface area contributed by atoms with Crippen molar-refractivity contribution < 1.29 is 0 Å². The van der Waals surface area contributed by atoms with Crippen LogP contribution in [0.4, 0.5) is 0 Å². The first-order chi connectivity index (χ1) is 16.5. The number of H-pyrrole nitrogens is 1. The van der Waals surface area contributed by atoms with Gasteiger partial charge in [-0.25, -0.2) is 9.78 Å². The van der Waals surface area contributed by atoms with E-state index in [0.717, 1.165) is 28.1 Å². The Morgan fingerprint density at radius 2 is 1.68 bits per heavy atom. The largest absolute Gasteiger partial charge is 0.332 e. The molecule has 3 aromatic heterocycles. The minimum Gasteiger partial charge on any atom is -0.318 e. The van der Waals surface area contributed by atoms with Gasteiger partial charge in [-0.05, 0) is 28.8 Å². The number of tetrazole rings is 1. The maximum absolute atomic E-state index is 13.1. The van der Waals surface area contributed by atoms with Crippen LogP contribution in [0.3, 0.4) is 0 Å². The van der Waals surface area contributed by atoms with Gasteiger partial charge in [0.2, 0.25) is 5.82 Å². The fraction of sp³-hybridized carbons (Fsp3) is 0.250. The highest BCUT2D eigenvalue weighted by Gasteiger charge is 2.19. The Balaban J connectivity index is 1.56. The zero-order valence-corrected chi connectivity index (χ0v) is 19.2. The molecule has 0 fully saturated rings. The molecule has 0 saturated carbocycles. The average molecular weight is 457 g/mol. The van der Waals surface area contributed by atoms with Crippen molar-refractivity contribution in [1.29, 1.82) is 0 Å². The van der Waals surface area contributed by atoms with Crippen LogP contribution >= 0.6 is 0 Å². The van der Waals surface area contributed by atoms with Crippen molar-refractivity contribution in [2.24, 2.45) is 7.05 Å². The Labute approximate surface area is 194 Å². The van der Waals surface area contributed by atoms with Crippen LogP contribution in [0.1, 0.15) is 25.2 Å². The Kier molecular flexibility index (Phi) is 5.40. The summed E-state index contributed by atoms with van der Waals surface area (Å²) in [4.78, 5) is 30.3. The number of aromatic amines is 1. The molecule has 5 aromatic rings. The topological polar surface area (TPSA) is 116 Å². The summed E-state index contributed by atoms with van der Waals surface area (Å²) in [7, 11) is 1.66. The van der Waals surface area contributed by atoms with Gasteiger partial charge in [-0.3, -0.25) is 13.9 Å². The molecular formula is C24H24N8O2. The van der Waals surface area contributed by atoms with Crippen molar-refractivity contribution in [3.63, 3.8) is 0 Å². The number of aryl methyl sites for hydroxylation is 2. The summed E-state index contributed by atoms with van der Waals surface area (Å²) in [6.45, 7) is 4.57. The van der Waals surface area contributed by atoms with Crippen molar-refractivity contribution in [1.82, 2.24) is 39.3 Å². The monoisotopic (exact) mass is 456 g/mol. The van der Waals surface area contributed by atoms with Crippen LogP contribution in [0.5, 0.6) is 0 Å². The number of rotatable bonds is 6. The van der Waals surface area contributed by atoms with Gasteiger partial charge in [-0.2, -0.15) is 5.21 Å². The maximum atomic E-state index is 13.1. The highest BCUT2D eigenvalue weighted by Crippen LogP contribution is 2.30. The summed E-state index contributed by atoms with van der Waals surface area (Å²) in [5.41, 5.74) is 4.14. The molecule has 0 aliphatic rings. The Hall–Kier alpha value is -4.34. The lowest BCUT2D eigenvalue weighted by atomic mass is 9.98. The van der Waals surface area contributed by atoms with Gasteiger partial charge in [0.05, 0.1) is 0 Å². The van der Waals surface area contributed by atoms with Crippen molar-refractivity contribution >= 4 is 11.2 Å². The Morgan fingerprint density at radius 1 is 0.941 bits per heavy atom. The van der Waals surface area contributed by atoms with Crippen LogP contribution in [-0.2, 0) is 26.6 Å². The van der Waals surface area contributed by atoms with Gasteiger partial charge in [0.1, 0.15) is 5.82 Å². The highest BCUT2D eigenvalue weighted by molar-refractivity contribution is 5.80. The molecule has 0 amide bonds. The molecule has 2 aromatic carbocycles. The molecule has 0 atom stereocenters. The quantitative estimate of drug-likeness (QED) is 0.419. The molecule has 0 aliphatic heterocycles. The fourth-order valence-electron chi connectivity index (χ4n) is 4.31. The number of aromatic nitrogens is 8. The lowest BCUT2D eigenvalue weighted by Gasteiger charge is -2.11. The molecule has 0 aliphatic carbocycles. The lowest BCUT2D eigenvalue weighted by Crippen LogP contribution is -2.39. The Morgan fingerprint density at radius 3 is 2.32 bits per heavy atom. The lowest BCUT2D eigenvalue weighted by molar-refractivity contribution is 0.633. The molecule has 3 heterocycles. The second kappa shape index (κ2) is 8.54. The third-order valence-electron chi connectivity index (χ3n) is 6.06. The van der Waals surface area contributed by atoms with Crippen LogP contribution in [-0.4, -0.2) is 39.3 Å². The molecule has 34 heavy (non-hydrogen) atoms. The number of imidazole rings is 1. The maximum Gasteiger partial charge on any atom is 0.332 e. The number of benzene rings is 2.